The fourth-order valence-electron chi connectivity index (χ4n) is 1.66. The van der Waals surface area contributed by atoms with Gasteiger partial charge in [-0.05, 0) is 25.5 Å². The molecule has 1 atom stereocenters. The maximum Gasteiger partial charge on any atom is 0.0599 e. The van der Waals surface area contributed by atoms with Crippen LogP contribution in [0, 0.1) is 0 Å². The summed E-state index contributed by atoms with van der Waals surface area (Å²) in [6, 6.07) is 8.56. The van der Waals surface area contributed by atoms with E-state index in [0.29, 0.717) is 6.04 Å². The molecule has 1 aromatic rings. The molecule has 0 aliphatic carbocycles. The third kappa shape index (κ3) is 2.41. The standard InChI is InChI=1S/C12H20N2/c1-4-7-10(2)14(3)12-9-6-5-8-11(12)13/h5-6,8-10H,4,7,13H2,1-3H3. The summed E-state index contributed by atoms with van der Waals surface area (Å²) in [6.07, 6.45) is 2.41. The van der Waals surface area contributed by atoms with Gasteiger partial charge in [-0.25, -0.2) is 0 Å². The second-order valence-electron chi connectivity index (χ2n) is 3.81. The third-order valence-electron chi connectivity index (χ3n) is 2.68. The predicted molar refractivity (Wildman–Crippen MR) is 63.6 cm³/mol. The van der Waals surface area contributed by atoms with Crippen molar-refractivity contribution in [1.82, 2.24) is 0 Å². The second kappa shape index (κ2) is 4.89. The summed E-state index contributed by atoms with van der Waals surface area (Å²) in [5.74, 6) is 0. The van der Waals surface area contributed by atoms with Crippen LogP contribution in [0.3, 0.4) is 0 Å². The number of nitrogens with two attached hydrogens (primary N) is 1. The number of rotatable bonds is 4. The zero-order valence-electron chi connectivity index (χ0n) is 9.33. The van der Waals surface area contributed by atoms with Crippen LogP contribution in [0.25, 0.3) is 0 Å². The molecule has 78 valence electrons. The monoisotopic (exact) mass is 192 g/mol. The summed E-state index contributed by atoms with van der Waals surface area (Å²) in [5.41, 5.74) is 7.91. The Morgan fingerprint density at radius 2 is 2.00 bits per heavy atom. The van der Waals surface area contributed by atoms with Gasteiger partial charge in [0.2, 0.25) is 0 Å². The van der Waals surface area contributed by atoms with Gasteiger partial charge in [-0.2, -0.15) is 0 Å². The highest BCUT2D eigenvalue weighted by Gasteiger charge is 2.10. The number of nitrogens with zero attached hydrogens (tertiary/aromatic N) is 1. The van der Waals surface area contributed by atoms with Crippen LogP contribution in [0.4, 0.5) is 11.4 Å². The van der Waals surface area contributed by atoms with E-state index in [4.69, 9.17) is 5.73 Å². The minimum Gasteiger partial charge on any atom is -0.397 e. The van der Waals surface area contributed by atoms with Crippen molar-refractivity contribution in [3.8, 4) is 0 Å². The molecule has 1 rings (SSSR count). The van der Waals surface area contributed by atoms with Gasteiger partial charge in [0.25, 0.3) is 0 Å². The van der Waals surface area contributed by atoms with Gasteiger partial charge < -0.3 is 10.6 Å². The lowest BCUT2D eigenvalue weighted by molar-refractivity contribution is 0.617. The Kier molecular flexibility index (Phi) is 3.81. The molecule has 0 spiro atoms. The van der Waals surface area contributed by atoms with Crippen LogP contribution in [-0.2, 0) is 0 Å². The van der Waals surface area contributed by atoms with Crippen molar-refractivity contribution in [1.29, 1.82) is 0 Å². The summed E-state index contributed by atoms with van der Waals surface area (Å²) in [6.45, 7) is 4.44. The van der Waals surface area contributed by atoms with Crippen LogP contribution in [0.5, 0.6) is 0 Å². The van der Waals surface area contributed by atoms with E-state index in [9.17, 15) is 0 Å². The summed E-state index contributed by atoms with van der Waals surface area (Å²) >= 11 is 0. The molecule has 2 nitrogen and oxygen atoms in total. The smallest absolute Gasteiger partial charge is 0.0599 e. The Bertz CT molecular complexity index is 283. The van der Waals surface area contributed by atoms with E-state index in [-0.39, 0.29) is 0 Å². The van der Waals surface area contributed by atoms with Crippen molar-refractivity contribution in [2.45, 2.75) is 32.7 Å². The van der Waals surface area contributed by atoms with Crippen molar-refractivity contribution in [2.24, 2.45) is 0 Å². The van der Waals surface area contributed by atoms with Crippen molar-refractivity contribution in [3.63, 3.8) is 0 Å². The third-order valence-corrected chi connectivity index (χ3v) is 2.68. The van der Waals surface area contributed by atoms with E-state index in [1.807, 2.05) is 18.2 Å². The van der Waals surface area contributed by atoms with Crippen LogP contribution in [-0.4, -0.2) is 13.1 Å². The van der Waals surface area contributed by atoms with Gasteiger partial charge in [0.1, 0.15) is 0 Å². The first-order valence-corrected chi connectivity index (χ1v) is 5.24. The maximum absolute atomic E-state index is 5.91. The second-order valence-corrected chi connectivity index (χ2v) is 3.81. The summed E-state index contributed by atoms with van der Waals surface area (Å²) < 4.78 is 0. The highest BCUT2D eigenvalue weighted by molar-refractivity contribution is 5.67. The topological polar surface area (TPSA) is 29.3 Å². The molecule has 0 heterocycles. The lowest BCUT2D eigenvalue weighted by Gasteiger charge is -2.27. The highest BCUT2D eigenvalue weighted by Crippen LogP contribution is 2.23. The zero-order valence-corrected chi connectivity index (χ0v) is 9.33. The van der Waals surface area contributed by atoms with Gasteiger partial charge in [0.15, 0.2) is 0 Å². The number of para-hydroxylation sites is 2. The molecule has 2 heteroatoms. The molecular formula is C12H20N2. The molecule has 1 aromatic carbocycles. The number of hydrogen-bond acceptors (Lipinski definition) is 2. The van der Waals surface area contributed by atoms with Crippen LogP contribution < -0.4 is 10.6 Å². The van der Waals surface area contributed by atoms with E-state index in [1.165, 1.54) is 12.8 Å². The molecule has 0 amide bonds. The van der Waals surface area contributed by atoms with E-state index in [1.54, 1.807) is 0 Å². The average molecular weight is 192 g/mol. The Morgan fingerprint density at radius 1 is 1.36 bits per heavy atom. The summed E-state index contributed by atoms with van der Waals surface area (Å²) in [7, 11) is 2.10. The molecule has 0 saturated carbocycles. The molecule has 2 N–H and O–H groups in total. The lowest BCUT2D eigenvalue weighted by atomic mass is 10.1. The fraction of sp³-hybridized carbons (Fsp3) is 0.500. The Labute approximate surface area is 86.7 Å². The maximum atomic E-state index is 5.91. The number of benzene rings is 1. The fourth-order valence-corrected chi connectivity index (χ4v) is 1.66. The average Bonchev–Trinajstić information content (AvgIpc) is 2.18. The van der Waals surface area contributed by atoms with Crippen LogP contribution in [0.2, 0.25) is 0 Å². The number of anilines is 2. The minimum absolute atomic E-state index is 0.546. The first kappa shape index (κ1) is 10.9. The molecule has 0 saturated heterocycles. The minimum atomic E-state index is 0.546. The molecule has 14 heavy (non-hydrogen) atoms. The van der Waals surface area contributed by atoms with Crippen LogP contribution >= 0.6 is 0 Å². The van der Waals surface area contributed by atoms with Crippen molar-refractivity contribution in [2.75, 3.05) is 17.7 Å². The van der Waals surface area contributed by atoms with E-state index < -0.39 is 0 Å². The number of hydrogen-bond donors (Lipinski definition) is 1. The SMILES string of the molecule is CCCC(C)N(C)c1ccccc1N. The molecule has 0 aromatic heterocycles. The van der Waals surface area contributed by atoms with Gasteiger partial charge in [-0.1, -0.05) is 25.5 Å². The van der Waals surface area contributed by atoms with Crippen molar-refractivity contribution < 1.29 is 0 Å². The molecule has 0 radical (unpaired) electrons. The summed E-state index contributed by atoms with van der Waals surface area (Å²) in [5, 5.41) is 0. The largest absolute Gasteiger partial charge is 0.397 e. The van der Waals surface area contributed by atoms with Gasteiger partial charge in [-0.15, -0.1) is 0 Å². The zero-order chi connectivity index (χ0) is 10.6. The lowest BCUT2D eigenvalue weighted by Crippen LogP contribution is -2.29. The summed E-state index contributed by atoms with van der Waals surface area (Å²) in [4.78, 5) is 2.25. The first-order chi connectivity index (χ1) is 6.66. The molecule has 0 aliphatic rings. The van der Waals surface area contributed by atoms with Crippen LogP contribution in [0.1, 0.15) is 26.7 Å². The van der Waals surface area contributed by atoms with Gasteiger partial charge in [-0.3, -0.25) is 0 Å². The Morgan fingerprint density at radius 3 is 2.57 bits per heavy atom. The molecule has 0 bridgehead atoms. The highest BCUT2D eigenvalue weighted by atomic mass is 15.1. The Balaban J connectivity index is 2.78. The quantitative estimate of drug-likeness (QED) is 0.743. The molecule has 0 aliphatic heterocycles. The number of nitrogen functional groups attached to an aromatic ring is 1. The predicted octanol–water partition coefficient (Wildman–Crippen LogP) is 2.89. The van der Waals surface area contributed by atoms with E-state index in [0.717, 1.165) is 11.4 Å². The van der Waals surface area contributed by atoms with Gasteiger partial charge in [0, 0.05) is 13.1 Å². The van der Waals surface area contributed by atoms with Gasteiger partial charge in [0.05, 0.1) is 11.4 Å². The Hall–Kier alpha value is -1.18. The van der Waals surface area contributed by atoms with Gasteiger partial charge >= 0.3 is 0 Å². The molecule has 0 fully saturated rings. The van der Waals surface area contributed by atoms with Crippen molar-refractivity contribution >= 4 is 11.4 Å². The molecule has 1 unspecified atom stereocenters. The molecular weight excluding hydrogens is 172 g/mol. The van der Waals surface area contributed by atoms with Crippen LogP contribution in [0.15, 0.2) is 24.3 Å². The normalized spacial score (nSPS) is 12.5. The van der Waals surface area contributed by atoms with Crippen molar-refractivity contribution in [3.05, 3.63) is 24.3 Å². The van der Waals surface area contributed by atoms with E-state index >= 15 is 0 Å². The first-order valence-electron chi connectivity index (χ1n) is 5.24. The van der Waals surface area contributed by atoms with E-state index in [2.05, 4.69) is 31.9 Å².